The largest absolute Gasteiger partial charge is 0.395 e. The van der Waals surface area contributed by atoms with E-state index in [0.717, 1.165) is 56.9 Å². The molecule has 2 N–H and O–H groups in total. The van der Waals surface area contributed by atoms with E-state index in [1.54, 1.807) is 0 Å². The number of aliphatic hydroxyl groups excluding tert-OH is 2. The Balaban J connectivity index is 1.75. The number of aliphatic hydroxyl groups is 2. The fourth-order valence-electron chi connectivity index (χ4n) is 6.64. The molecule has 0 spiro atoms. The van der Waals surface area contributed by atoms with E-state index in [2.05, 4.69) is 13.0 Å². The summed E-state index contributed by atoms with van der Waals surface area (Å²) >= 11 is 0. The predicted octanol–water partition coefficient (Wildman–Crippen LogP) is 2.85. The van der Waals surface area contributed by atoms with Crippen molar-refractivity contribution in [3.63, 3.8) is 0 Å². The Hall–Kier alpha value is -0.670. The molecule has 3 nitrogen and oxygen atoms in total. The summed E-state index contributed by atoms with van der Waals surface area (Å²) in [5.41, 5.74) is 0.761. The van der Waals surface area contributed by atoms with Crippen molar-refractivity contribution in [2.75, 3.05) is 6.61 Å². The summed E-state index contributed by atoms with van der Waals surface area (Å²) in [4.78, 5) is 12.4. The van der Waals surface area contributed by atoms with Crippen molar-refractivity contribution in [1.29, 1.82) is 0 Å². The molecule has 0 aromatic rings. The smallest absolute Gasteiger partial charge is 0.139 e. The lowest BCUT2D eigenvalue weighted by molar-refractivity contribution is -0.136. The maximum Gasteiger partial charge on any atom is 0.139 e. The van der Waals surface area contributed by atoms with Crippen molar-refractivity contribution in [3.8, 4) is 0 Å². The molecule has 0 bridgehead atoms. The SMILES string of the molecule is C[C@]12CC[C@H]3[C@@H](C[C@@H](O)C4=CCCC[C@@]43CO)[C@@H]1CCC2=O. The van der Waals surface area contributed by atoms with Crippen LogP contribution in [-0.4, -0.2) is 28.7 Å². The molecule has 0 saturated heterocycles. The molecule has 22 heavy (non-hydrogen) atoms. The molecule has 4 aliphatic carbocycles. The van der Waals surface area contributed by atoms with E-state index in [-0.39, 0.29) is 17.4 Å². The summed E-state index contributed by atoms with van der Waals surface area (Å²) in [6.07, 6.45) is 9.46. The molecule has 4 aliphatic rings. The van der Waals surface area contributed by atoms with Crippen molar-refractivity contribution >= 4 is 5.78 Å². The van der Waals surface area contributed by atoms with Crippen molar-refractivity contribution < 1.29 is 15.0 Å². The van der Waals surface area contributed by atoms with Crippen LogP contribution in [0.5, 0.6) is 0 Å². The van der Waals surface area contributed by atoms with Crippen LogP contribution in [-0.2, 0) is 4.79 Å². The van der Waals surface area contributed by atoms with Gasteiger partial charge in [-0.25, -0.2) is 0 Å². The van der Waals surface area contributed by atoms with Crippen LogP contribution in [0.25, 0.3) is 0 Å². The van der Waals surface area contributed by atoms with Gasteiger partial charge in [0, 0.05) is 17.3 Å². The highest BCUT2D eigenvalue weighted by molar-refractivity contribution is 5.87. The Morgan fingerprint density at radius 2 is 2.09 bits per heavy atom. The van der Waals surface area contributed by atoms with Gasteiger partial charge >= 0.3 is 0 Å². The molecule has 0 unspecified atom stereocenters. The Labute approximate surface area is 132 Å². The van der Waals surface area contributed by atoms with Gasteiger partial charge in [0.25, 0.3) is 0 Å². The van der Waals surface area contributed by atoms with E-state index < -0.39 is 6.10 Å². The fraction of sp³-hybridized carbons (Fsp3) is 0.842. The van der Waals surface area contributed by atoms with Gasteiger partial charge in [-0.1, -0.05) is 13.0 Å². The first-order valence-electron chi connectivity index (χ1n) is 9.06. The number of carbonyl (C=O) groups is 1. The first kappa shape index (κ1) is 14.9. The average Bonchev–Trinajstić information content (AvgIpc) is 2.83. The monoisotopic (exact) mass is 304 g/mol. The molecular weight excluding hydrogens is 276 g/mol. The molecule has 3 heteroatoms. The Bertz CT molecular complexity index is 525. The summed E-state index contributed by atoms with van der Waals surface area (Å²) in [6.45, 7) is 2.32. The van der Waals surface area contributed by atoms with Crippen LogP contribution in [0.4, 0.5) is 0 Å². The predicted molar refractivity (Wildman–Crippen MR) is 84.1 cm³/mol. The van der Waals surface area contributed by atoms with Gasteiger partial charge < -0.3 is 10.2 Å². The number of rotatable bonds is 1. The molecule has 122 valence electrons. The van der Waals surface area contributed by atoms with Crippen molar-refractivity contribution in [2.24, 2.45) is 28.6 Å². The maximum absolute atomic E-state index is 12.4. The highest BCUT2D eigenvalue weighted by atomic mass is 16.3. The highest BCUT2D eigenvalue weighted by Gasteiger charge is 2.61. The summed E-state index contributed by atoms with van der Waals surface area (Å²) in [5.74, 6) is 1.72. The molecule has 4 rings (SSSR count). The highest BCUT2D eigenvalue weighted by Crippen LogP contribution is 2.64. The van der Waals surface area contributed by atoms with Crippen molar-refractivity contribution in [2.45, 2.75) is 64.4 Å². The lowest BCUT2D eigenvalue weighted by Gasteiger charge is -2.58. The third-order valence-electron chi connectivity index (χ3n) is 7.76. The normalized spacial score (nSPS) is 50.9. The summed E-state index contributed by atoms with van der Waals surface area (Å²) < 4.78 is 0. The van der Waals surface area contributed by atoms with Crippen LogP contribution in [0.2, 0.25) is 0 Å². The Kier molecular flexibility index (Phi) is 3.32. The second-order valence-corrected chi connectivity index (χ2v) is 8.41. The maximum atomic E-state index is 12.4. The van der Waals surface area contributed by atoms with Gasteiger partial charge in [0.15, 0.2) is 0 Å². The first-order chi connectivity index (χ1) is 10.5. The second-order valence-electron chi connectivity index (χ2n) is 8.41. The lowest BCUT2D eigenvalue weighted by Crippen LogP contribution is -2.55. The van der Waals surface area contributed by atoms with Gasteiger partial charge in [0.05, 0.1) is 12.7 Å². The van der Waals surface area contributed by atoms with Crippen molar-refractivity contribution in [3.05, 3.63) is 11.6 Å². The summed E-state index contributed by atoms with van der Waals surface area (Å²) in [7, 11) is 0. The number of Topliss-reactive ketones (excluding diaryl/α,β-unsaturated/α-hetero) is 1. The fourth-order valence-corrected chi connectivity index (χ4v) is 6.64. The topological polar surface area (TPSA) is 57.5 Å². The number of allylic oxidation sites excluding steroid dienone is 1. The van der Waals surface area contributed by atoms with Gasteiger partial charge in [-0.05, 0) is 68.3 Å². The number of fused-ring (bicyclic) bond motifs is 5. The van der Waals surface area contributed by atoms with E-state index in [9.17, 15) is 15.0 Å². The minimum atomic E-state index is -0.410. The van der Waals surface area contributed by atoms with E-state index in [1.165, 1.54) is 0 Å². The standard InChI is InChI=1S/C19H28O3/c1-18-9-7-14-12(13(18)5-6-17(18)22)10-16(21)15-4-2-3-8-19(14,15)11-20/h4,12-14,16,20-21H,2-3,5-11H2,1H3/t12-,13-,14-,16+,18-,19-/m0/s1. The van der Waals surface area contributed by atoms with E-state index in [4.69, 9.17) is 0 Å². The zero-order chi connectivity index (χ0) is 15.5. The number of carbonyl (C=O) groups excluding carboxylic acids is 1. The third-order valence-corrected chi connectivity index (χ3v) is 7.76. The van der Waals surface area contributed by atoms with Crippen molar-refractivity contribution in [1.82, 2.24) is 0 Å². The van der Waals surface area contributed by atoms with E-state index >= 15 is 0 Å². The van der Waals surface area contributed by atoms with Crippen LogP contribution < -0.4 is 0 Å². The number of hydrogen-bond donors (Lipinski definition) is 2. The van der Waals surface area contributed by atoms with E-state index in [0.29, 0.717) is 23.5 Å². The molecule has 3 fully saturated rings. The van der Waals surface area contributed by atoms with Crippen LogP contribution in [0, 0.1) is 28.6 Å². The molecule has 0 aromatic carbocycles. The molecule has 0 amide bonds. The van der Waals surface area contributed by atoms with Gasteiger partial charge in [-0.15, -0.1) is 0 Å². The zero-order valence-electron chi connectivity index (χ0n) is 13.6. The second kappa shape index (κ2) is 4.91. The van der Waals surface area contributed by atoms with Gasteiger partial charge in [0.1, 0.15) is 5.78 Å². The first-order valence-corrected chi connectivity index (χ1v) is 9.06. The molecule has 6 atom stereocenters. The van der Waals surface area contributed by atoms with Gasteiger partial charge in [-0.3, -0.25) is 4.79 Å². The molecule has 0 radical (unpaired) electrons. The van der Waals surface area contributed by atoms with Crippen LogP contribution in [0.15, 0.2) is 11.6 Å². The molecule has 0 heterocycles. The quantitative estimate of drug-likeness (QED) is 0.732. The van der Waals surface area contributed by atoms with Gasteiger partial charge in [0.2, 0.25) is 0 Å². The number of hydrogen-bond acceptors (Lipinski definition) is 3. The summed E-state index contributed by atoms with van der Waals surface area (Å²) in [6, 6.07) is 0. The zero-order valence-corrected chi connectivity index (χ0v) is 13.6. The average molecular weight is 304 g/mol. The molecular formula is C19H28O3. The Morgan fingerprint density at radius 1 is 1.27 bits per heavy atom. The summed E-state index contributed by atoms with van der Waals surface area (Å²) in [5, 5.41) is 21.0. The molecule has 3 saturated carbocycles. The minimum Gasteiger partial charge on any atom is -0.395 e. The Morgan fingerprint density at radius 3 is 2.86 bits per heavy atom. The number of ketones is 1. The minimum absolute atomic E-state index is 0.159. The van der Waals surface area contributed by atoms with Crippen LogP contribution in [0.1, 0.15) is 58.3 Å². The van der Waals surface area contributed by atoms with Crippen LogP contribution in [0.3, 0.4) is 0 Å². The molecule has 0 aromatic heterocycles. The third kappa shape index (κ3) is 1.73. The lowest BCUT2D eigenvalue weighted by atomic mass is 9.46. The van der Waals surface area contributed by atoms with Gasteiger partial charge in [-0.2, -0.15) is 0 Å². The van der Waals surface area contributed by atoms with E-state index in [1.807, 2.05) is 0 Å². The molecule has 0 aliphatic heterocycles. The van der Waals surface area contributed by atoms with Crippen LogP contribution >= 0.6 is 0 Å².